The van der Waals surface area contributed by atoms with Crippen LogP contribution in [0.25, 0.3) is 11.2 Å². The average Bonchev–Trinajstić information content (AvgIpc) is 3.28. The molecule has 5 N–H and O–H groups in total. The molecule has 40 heavy (non-hydrogen) atoms. The summed E-state index contributed by atoms with van der Waals surface area (Å²) >= 11 is 0. The number of anilines is 1. The van der Waals surface area contributed by atoms with Crippen LogP contribution >= 0.6 is 0 Å². The predicted octanol–water partition coefficient (Wildman–Crippen LogP) is 2.68. The van der Waals surface area contributed by atoms with E-state index in [0.717, 1.165) is 12.0 Å². The molecule has 3 rings (SSSR count). The molecule has 2 aromatic heterocycles. The van der Waals surface area contributed by atoms with Crippen molar-refractivity contribution in [2.75, 3.05) is 39.6 Å². The molecule has 1 atom stereocenters. The number of carbonyl (C=O) groups excluding carboxylic acids is 1. The van der Waals surface area contributed by atoms with E-state index in [1.165, 1.54) is 25.7 Å². The second-order valence-corrected chi connectivity index (χ2v) is 11.2. The molecule has 12 nitrogen and oxygen atoms in total. The maximum atomic E-state index is 12.1. The number of fused-ring (bicyclic) bond motifs is 1. The molecule has 2 heterocycles. The Morgan fingerprint density at radius 2 is 1.77 bits per heavy atom. The van der Waals surface area contributed by atoms with Crippen molar-refractivity contribution in [1.29, 1.82) is 0 Å². The lowest BCUT2D eigenvalue weighted by atomic mass is 9.87. The fourth-order valence-corrected chi connectivity index (χ4v) is 3.71. The van der Waals surface area contributed by atoms with Gasteiger partial charge in [-0.1, -0.05) is 45.0 Å². The van der Waals surface area contributed by atoms with Crippen LogP contribution in [-0.2, 0) is 28.0 Å². The predicted molar refractivity (Wildman–Crippen MR) is 154 cm³/mol. The number of aliphatic hydroxyl groups is 2. The minimum atomic E-state index is -1.50. The number of carbonyl (C=O) groups is 1. The van der Waals surface area contributed by atoms with Crippen molar-refractivity contribution >= 4 is 23.1 Å². The van der Waals surface area contributed by atoms with Gasteiger partial charge in [0.1, 0.15) is 18.5 Å². The first-order valence-corrected chi connectivity index (χ1v) is 13.2. The van der Waals surface area contributed by atoms with Crippen LogP contribution in [0.15, 0.2) is 36.9 Å². The van der Waals surface area contributed by atoms with Crippen molar-refractivity contribution in [1.82, 2.24) is 29.7 Å². The molecule has 0 spiro atoms. The summed E-state index contributed by atoms with van der Waals surface area (Å²) in [6, 6.07) is 8.27. The molecule has 0 saturated carbocycles. The summed E-state index contributed by atoms with van der Waals surface area (Å²) < 4.78 is 12.9. The summed E-state index contributed by atoms with van der Waals surface area (Å²) in [5.41, 5.74) is 9.58. The largest absolute Gasteiger partial charge is 0.448 e. The van der Waals surface area contributed by atoms with E-state index in [0.29, 0.717) is 49.8 Å². The van der Waals surface area contributed by atoms with Crippen LogP contribution in [0.2, 0.25) is 0 Å². The maximum Gasteiger partial charge on any atom is 0.407 e. The van der Waals surface area contributed by atoms with E-state index >= 15 is 0 Å². The van der Waals surface area contributed by atoms with Crippen LogP contribution in [0.4, 0.5) is 10.6 Å². The number of aryl methyl sites for hydroxylation is 1. The van der Waals surface area contributed by atoms with Gasteiger partial charge < -0.3 is 40.2 Å². The van der Waals surface area contributed by atoms with E-state index in [1.54, 1.807) is 13.4 Å². The van der Waals surface area contributed by atoms with Gasteiger partial charge in [0, 0.05) is 33.3 Å². The van der Waals surface area contributed by atoms with Crippen molar-refractivity contribution in [2.24, 2.45) is 0 Å². The third-order valence-electron chi connectivity index (χ3n) is 5.93. The average molecular weight is 560 g/mol. The van der Waals surface area contributed by atoms with Crippen LogP contribution in [0.5, 0.6) is 0 Å². The zero-order valence-corrected chi connectivity index (χ0v) is 24.7. The minimum Gasteiger partial charge on any atom is -0.448 e. The Morgan fingerprint density at radius 3 is 2.38 bits per heavy atom. The van der Waals surface area contributed by atoms with E-state index in [4.69, 9.17) is 25.4 Å². The molecule has 1 aromatic carbocycles. The smallest absolute Gasteiger partial charge is 0.407 e. The minimum absolute atomic E-state index is 0.00142. The number of ether oxygens (including phenoxy) is 2. The number of hydrogen-bond acceptors (Lipinski definition) is 10. The Morgan fingerprint density at radius 1 is 1.12 bits per heavy atom. The van der Waals surface area contributed by atoms with Crippen molar-refractivity contribution in [3.05, 3.63) is 48.0 Å². The molecular formula is C28H45N7O5. The van der Waals surface area contributed by atoms with E-state index in [1.807, 2.05) is 23.7 Å². The van der Waals surface area contributed by atoms with E-state index in [9.17, 15) is 4.79 Å². The molecule has 0 aliphatic carbocycles. The van der Waals surface area contributed by atoms with Crippen LogP contribution < -0.4 is 11.1 Å². The van der Waals surface area contributed by atoms with Crippen LogP contribution in [0.3, 0.4) is 0 Å². The quantitative estimate of drug-likeness (QED) is 0.257. The molecule has 0 saturated heterocycles. The molecule has 3 aromatic rings. The number of likely N-dealkylation sites (N-methyl/N-ethyl adjacent to an activating group) is 1. The molecule has 222 valence electrons. The number of nitrogen functional groups attached to an aromatic ring is 1. The molecule has 12 heteroatoms. The van der Waals surface area contributed by atoms with Gasteiger partial charge in [-0.15, -0.1) is 0 Å². The normalized spacial score (nSPS) is 12.7. The van der Waals surface area contributed by atoms with E-state index in [-0.39, 0.29) is 11.5 Å². The topological polar surface area (TPSA) is 161 Å². The first kappa shape index (κ1) is 32.9. The van der Waals surface area contributed by atoms with Gasteiger partial charge in [0.2, 0.25) is 0 Å². The number of methoxy groups -OCH3 is 1. The molecular weight excluding hydrogens is 514 g/mol. The first-order chi connectivity index (χ1) is 18.7. The van der Waals surface area contributed by atoms with Gasteiger partial charge in [0.25, 0.3) is 0 Å². The van der Waals surface area contributed by atoms with Gasteiger partial charge in [0.05, 0.1) is 12.4 Å². The van der Waals surface area contributed by atoms with Crippen molar-refractivity contribution in [2.45, 2.75) is 71.4 Å². The Balaban J connectivity index is 0.00000103. The van der Waals surface area contributed by atoms with Gasteiger partial charge in [-0.25, -0.2) is 19.7 Å². The Labute approximate surface area is 236 Å². The van der Waals surface area contributed by atoms with Crippen LogP contribution in [-0.4, -0.2) is 86.5 Å². The Kier molecular flexibility index (Phi) is 12.2. The highest BCUT2D eigenvalue weighted by molar-refractivity contribution is 5.81. The zero-order chi connectivity index (χ0) is 29.9. The standard InChI is InChI=1S/C25H37N7O3.C3H8O2/c1-25(2,3)19-8-6-18(7-9-19)14-27-24(33)35-13-12-31(4)15-20(34-5)10-11-32-17-30-21-22(26)28-16-29-23(21)32;1-3(2,4)5/h6-9,16-17,20H,10-15H2,1-5H3,(H,27,33)(H2,26,28,29);4-5H,1-2H3. The molecule has 1 unspecified atom stereocenters. The molecule has 0 radical (unpaired) electrons. The molecule has 1 amide bonds. The zero-order valence-electron chi connectivity index (χ0n) is 24.7. The summed E-state index contributed by atoms with van der Waals surface area (Å²) in [5.74, 6) is -1.13. The van der Waals surface area contributed by atoms with Crippen LogP contribution in [0, 0.1) is 0 Å². The summed E-state index contributed by atoms with van der Waals surface area (Å²) in [6.45, 7) is 11.9. The fraction of sp³-hybridized carbons (Fsp3) is 0.571. The number of imidazole rings is 1. The third kappa shape index (κ3) is 11.8. The SMILES string of the molecule is CC(C)(O)O.COC(CCn1cnc2c(N)ncnc21)CN(C)CCOC(=O)NCc1ccc(C(C)(C)C)cc1. The lowest BCUT2D eigenvalue weighted by molar-refractivity contribution is -0.127. The summed E-state index contributed by atoms with van der Waals surface area (Å²) in [7, 11) is 3.67. The van der Waals surface area contributed by atoms with Crippen molar-refractivity contribution in [3.8, 4) is 0 Å². The fourth-order valence-electron chi connectivity index (χ4n) is 3.71. The third-order valence-corrected chi connectivity index (χ3v) is 5.93. The maximum absolute atomic E-state index is 12.1. The second kappa shape index (κ2) is 14.9. The second-order valence-electron chi connectivity index (χ2n) is 11.2. The summed E-state index contributed by atoms with van der Waals surface area (Å²) in [6.07, 6.45) is 3.51. The van der Waals surface area contributed by atoms with Gasteiger partial charge in [0.15, 0.2) is 17.3 Å². The monoisotopic (exact) mass is 559 g/mol. The highest BCUT2D eigenvalue weighted by Gasteiger charge is 2.15. The lowest BCUT2D eigenvalue weighted by Gasteiger charge is -2.23. The number of rotatable bonds is 11. The Bertz CT molecular complexity index is 1180. The Hall–Kier alpha value is -3.32. The molecule has 0 aliphatic heterocycles. The van der Waals surface area contributed by atoms with Gasteiger partial charge in [-0.05, 0) is 43.9 Å². The van der Waals surface area contributed by atoms with Crippen molar-refractivity contribution < 1.29 is 24.5 Å². The molecule has 0 bridgehead atoms. The molecule has 0 aliphatic rings. The number of nitrogens with zero attached hydrogens (tertiary/aromatic N) is 5. The van der Waals surface area contributed by atoms with Gasteiger partial charge in [-0.2, -0.15) is 0 Å². The number of nitrogens with two attached hydrogens (primary N) is 1. The van der Waals surface area contributed by atoms with Gasteiger partial charge in [-0.3, -0.25) is 0 Å². The van der Waals surface area contributed by atoms with E-state index < -0.39 is 11.9 Å². The van der Waals surface area contributed by atoms with E-state index in [2.05, 4.69) is 58.1 Å². The number of hydrogen-bond donors (Lipinski definition) is 4. The summed E-state index contributed by atoms with van der Waals surface area (Å²) in [4.78, 5) is 26.7. The summed E-state index contributed by atoms with van der Waals surface area (Å²) in [5, 5.41) is 19.0. The number of aromatic nitrogens is 4. The number of amides is 1. The molecule has 0 fully saturated rings. The number of benzene rings is 1. The first-order valence-electron chi connectivity index (χ1n) is 13.2. The van der Waals surface area contributed by atoms with Crippen molar-refractivity contribution in [3.63, 3.8) is 0 Å². The highest BCUT2D eigenvalue weighted by atomic mass is 16.5. The number of alkyl carbamates (subject to hydrolysis) is 1. The lowest BCUT2D eigenvalue weighted by Crippen LogP contribution is -2.34. The van der Waals surface area contributed by atoms with Crippen LogP contribution in [0.1, 0.15) is 52.2 Å². The highest BCUT2D eigenvalue weighted by Crippen LogP contribution is 2.22. The number of nitrogens with one attached hydrogen (secondary N) is 1. The van der Waals surface area contributed by atoms with Gasteiger partial charge >= 0.3 is 6.09 Å².